The summed E-state index contributed by atoms with van der Waals surface area (Å²) < 4.78 is 39.3. The Bertz CT molecular complexity index is 1020. The lowest BCUT2D eigenvalue weighted by molar-refractivity contribution is -0.128. The van der Waals surface area contributed by atoms with Crippen LogP contribution in [-0.4, -0.2) is 67.7 Å². The molecule has 9 nitrogen and oxygen atoms in total. The molecule has 3 unspecified atom stereocenters. The number of carbonyl (C=O) groups is 1. The number of anilines is 1. The Balaban J connectivity index is 1.33. The zero-order valence-corrected chi connectivity index (χ0v) is 18.4. The van der Waals surface area contributed by atoms with Crippen LogP contribution in [0.5, 0.6) is 0 Å². The van der Waals surface area contributed by atoms with Crippen molar-refractivity contribution in [2.75, 3.05) is 25.0 Å². The van der Waals surface area contributed by atoms with Gasteiger partial charge in [-0.3, -0.25) is 4.79 Å². The molecule has 3 N–H and O–H groups in total. The van der Waals surface area contributed by atoms with Crippen LogP contribution in [0.4, 0.5) is 10.1 Å². The molecule has 3 aliphatic heterocycles. The zero-order valence-electron chi connectivity index (χ0n) is 17.6. The van der Waals surface area contributed by atoms with Crippen molar-refractivity contribution in [1.82, 2.24) is 20.1 Å². The second-order valence-corrected chi connectivity index (χ2v) is 11.0. The van der Waals surface area contributed by atoms with Crippen LogP contribution >= 0.6 is 0 Å². The number of rotatable bonds is 7. The highest BCUT2D eigenvalue weighted by atomic mass is 32.2. The van der Waals surface area contributed by atoms with E-state index in [1.165, 1.54) is 12.1 Å². The molecule has 4 atom stereocenters. The number of alkyl halides is 1. The van der Waals surface area contributed by atoms with Crippen molar-refractivity contribution in [3.63, 3.8) is 0 Å². The molecule has 32 heavy (non-hydrogen) atoms. The molecule has 1 aromatic carbocycles. The Labute approximate surface area is 187 Å². The summed E-state index contributed by atoms with van der Waals surface area (Å²) in [6, 6.07) is 8.68. The van der Waals surface area contributed by atoms with E-state index in [1.54, 1.807) is 12.1 Å². The monoisotopic (exact) mass is 462 g/mol. The van der Waals surface area contributed by atoms with Gasteiger partial charge in [0.15, 0.2) is 0 Å². The highest BCUT2D eigenvalue weighted by Gasteiger charge is 2.51. The van der Waals surface area contributed by atoms with Crippen LogP contribution in [0.2, 0.25) is 0 Å². The molecule has 11 heteroatoms. The first-order chi connectivity index (χ1) is 15.4. The zero-order chi connectivity index (χ0) is 22.5. The number of carbonyl (C=O) groups excluding carboxylic acids is 1. The maximum absolute atomic E-state index is 13.1. The number of nitrogens with zero attached hydrogens (tertiary/aromatic N) is 3. The van der Waals surface area contributed by atoms with Gasteiger partial charge in [0.05, 0.1) is 23.3 Å². The lowest BCUT2D eigenvalue weighted by Gasteiger charge is -2.34. The van der Waals surface area contributed by atoms with E-state index in [4.69, 9.17) is 0 Å². The lowest BCUT2D eigenvalue weighted by atomic mass is 9.90. The Morgan fingerprint density at radius 2 is 1.94 bits per heavy atom. The Morgan fingerprint density at radius 3 is 2.56 bits per heavy atom. The van der Waals surface area contributed by atoms with Gasteiger partial charge in [0.1, 0.15) is 12.3 Å². The van der Waals surface area contributed by atoms with Crippen molar-refractivity contribution in [3.8, 4) is 6.07 Å². The van der Waals surface area contributed by atoms with Crippen molar-refractivity contribution in [2.45, 2.75) is 55.0 Å². The average molecular weight is 463 g/mol. The van der Waals surface area contributed by atoms with Gasteiger partial charge in [0.2, 0.25) is 15.9 Å². The number of nitrogens with one attached hydrogen (secondary N) is 3. The minimum atomic E-state index is -3.69. The predicted molar refractivity (Wildman–Crippen MR) is 114 cm³/mol. The van der Waals surface area contributed by atoms with E-state index in [-0.39, 0.29) is 48.1 Å². The first kappa shape index (κ1) is 21.6. The molecule has 0 aromatic heterocycles. The maximum atomic E-state index is 13.1. The summed E-state index contributed by atoms with van der Waals surface area (Å²) in [5.74, 6) is 0.120. The first-order valence-corrected chi connectivity index (χ1v) is 12.5. The Hall–Kier alpha value is -2.26. The van der Waals surface area contributed by atoms with Gasteiger partial charge in [-0.2, -0.15) is 9.57 Å². The summed E-state index contributed by atoms with van der Waals surface area (Å²) in [5, 5.41) is 17.7. The summed E-state index contributed by atoms with van der Waals surface area (Å²) in [6.07, 6.45) is 1.95. The van der Waals surface area contributed by atoms with Crippen molar-refractivity contribution in [2.24, 2.45) is 11.8 Å². The number of hydrogen-bond donors (Lipinski definition) is 3. The van der Waals surface area contributed by atoms with Crippen LogP contribution in [-0.2, 0) is 14.8 Å². The van der Waals surface area contributed by atoms with E-state index in [9.17, 15) is 22.9 Å². The molecule has 1 saturated carbocycles. The summed E-state index contributed by atoms with van der Waals surface area (Å²) in [6.45, 7) is 0.401. The number of piperidine rings is 1. The molecule has 0 bridgehead atoms. The van der Waals surface area contributed by atoms with Gasteiger partial charge in [-0.05, 0) is 49.4 Å². The van der Waals surface area contributed by atoms with Crippen LogP contribution < -0.4 is 16.1 Å². The Morgan fingerprint density at radius 1 is 1.22 bits per heavy atom. The molecule has 1 aliphatic carbocycles. The second kappa shape index (κ2) is 8.26. The van der Waals surface area contributed by atoms with Gasteiger partial charge < -0.3 is 10.6 Å². The summed E-state index contributed by atoms with van der Waals surface area (Å²) in [7, 11) is -3.69. The van der Waals surface area contributed by atoms with Gasteiger partial charge in [-0.25, -0.2) is 23.2 Å². The van der Waals surface area contributed by atoms with Crippen molar-refractivity contribution in [3.05, 3.63) is 24.3 Å². The van der Waals surface area contributed by atoms with E-state index < -0.39 is 16.2 Å². The number of nitriles is 1. The third-order valence-electron chi connectivity index (χ3n) is 6.90. The van der Waals surface area contributed by atoms with E-state index in [2.05, 4.69) is 27.1 Å². The molecule has 4 fully saturated rings. The van der Waals surface area contributed by atoms with E-state index in [0.717, 1.165) is 23.6 Å². The van der Waals surface area contributed by atoms with E-state index in [0.29, 0.717) is 24.6 Å². The minimum absolute atomic E-state index is 0.0000796. The van der Waals surface area contributed by atoms with Crippen LogP contribution in [0.15, 0.2) is 29.2 Å². The fourth-order valence-electron chi connectivity index (χ4n) is 5.00. The van der Waals surface area contributed by atoms with E-state index >= 15 is 0 Å². The molecule has 0 spiro atoms. The number of fused-ring (bicyclic) bond motifs is 1. The molecular formula is C21H27FN6O3S. The molecule has 172 valence electrons. The van der Waals surface area contributed by atoms with Gasteiger partial charge in [0, 0.05) is 37.4 Å². The summed E-state index contributed by atoms with van der Waals surface area (Å²) >= 11 is 0. The number of halogens is 1. The van der Waals surface area contributed by atoms with Crippen LogP contribution in [0.25, 0.3) is 0 Å². The fourth-order valence-corrected chi connectivity index (χ4v) is 6.50. The molecule has 0 radical (unpaired) electrons. The predicted octanol–water partition coefficient (Wildman–Crippen LogP) is 0.784. The number of hydrazine groups is 1. The average Bonchev–Trinajstić information content (AvgIpc) is 3.52. The Kier molecular flexibility index (Phi) is 5.57. The summed E-state index contributed by atoms with van der Waals surface area (Å²) in [5.41, 5.74) is 4.12. The highest BCUT2D eigenvalue weighted by Crippen LogP contribution is 2.41. The van der Waals surface area contributed by atoms with Crippen LogP contribution in [0.3, 0.4) is 0 Å². The molecule has 5 rings (SSSR count). The van der Waals surface area contributed by atoms with Gasteiger partial charge in [-0.1, -0.05) is 0 Å². The van der Waals surface area contributed by atoms with Crippen molar-refractivity contribution >= 4 is 21.6 Å². The second-order valence-electron chi connectivity index (χ2n) is 9.04. The normalized spacial score (nSPS) is 30.1. The third-order valence-corrected chi connectivity index (χ3v) is 8.75. The number of benzene rings is 1. The SMILES string of the molecule is N#CC[C@@H](C1CC1)N1NC(Nc2ccc(S(=O)(=O)N3CC(F)C3)cc2)C2C(=O)NCCC21. The third kappa shape index (κ3) is 3.85. The molecule has 4 aliphatic rings. The van der Waals surface area contributed by atoms with Crippen molar-refractivity contribution < 1.29 is 17.6 Å². The molecule has 3 heterocycles. The molecule has 1 aromatic rings. The van der Waals surface area contributed by atoms with E-state index in [1.807, 2.05) is 0 Å². The maximum Gasteiger partial charge on any atom is 0.243 e. The summed E-state index contributed by atoms with van der Waals surface area (Å²) in [4.78, 5) is 12.8. The standard InChI is InChI=1S/C21H27FN6O3S/c22-14-11-27(12-14)32(30,31)16-5-3-15(4-6-16)25-20-19-18(8-10-24-21(19)29)28(26-20)17(7-9-23)13-1-2-13/h3-6,13-14,17-20,25-26H,1-2,7-8,10-12H2,(H,24,29)/t17-,18?,19?,20?/m0/s1. The number of sulfonamides is 1. The molecule has 3 saturated heterocycles. The van der Waals surface area contributed by atoms with Crippen LogP contribution in [0, 0.1) is 23.2 Å². The lowest BCUT2D eigenvalue weighted by Crippen LogP contribution is -2.52. The number of amides is 1. The molecule has 1 amide bonds. The number of hydrogen-bond acceptors (Lipinski definition) is 7. The fraction of sp³-hybridized carbons (Fsp3) is 0.619. The smallest absolute Gasteiger partial charge is 0.243 e. The topological polar surface area (TPSA) is 118 Å². The van der Waals surface area contributed by atoms with Crippen molar-refractivity contribution in [1.29, 1.82) is 5.26 Å². The van der Waals surface area contributed by atoms with Crippen LogP contribution in [0.1, 0.15) is 25.7 Å². The van der Waals surface area contributed by atoms with Gasteiger partial charge in [-0.15, -0.1) is 0 Å². The highest BCUT2D eigenvalue weighted by molar-refractivity contribution is 7.89. The quantitative estimate of drug-likeness (QED) is 0.548. The van der Waals surface area contributed by atoms with Gasteiger partial charge in [0.25, 0.3) is 0 Å². The largest absolute Gasteiger partial charge is 0.368 e. The minimum Gasteiger partial charge on any atom is -0.368 e. The first-order valence-electron chi connectivity index (χ1n) is 11.1. The molecular weight excluding hydrogens is 435 g/mol. The van der Waals surface area contributed by atoms with Gasteiger partial charge >= 0.3 is 0 Å².